The van der Waals surface area contributed by atoms with Crippen molar-refractivity contribution in [1.82, 2.24) is 13.7 Å². The normalized spacial score (nSPS) is 37.3. The van der Waals surface area contributed by atoms with Gasteiger partial charge in [-0.2, -0.15) is 0 Å². The summed E-state index contributed by atoms with van der Waals surface area (Å²) in [5.74, 6) is 0. The van der Waals surface area contributed by atoms with E-state index in [0.717, 1.165) is 13.7 Å². The van der Waals surface area contributed by atoms with E-state index in [1.807, 2.05) is 52.4 Å². The van der Waals surface area contributed by atoms with Gasteiger partial charge in [-0.3, -0.25) is 0 Å². The molecule has 0 N–H and O–H groups in total. The SMILES string of the molecule is C[SiH]1O[SiH](C)O[Si](C)(CCCn2c(=O)n(CCC[Si]3(C)O[SiH](C)O[SiH](C)O[SiH](C)O3)c(=O)n(CC3CO3)c2=O)O[SiH](C)O1. The fraction of sp³-hybridized carbons (Fsp3) is 0.850. The summed E-state index contributed by atoms with van der Waals surface area (Å²) < 4.78 is 58.2. The van der Waals surface area contributed by atoms with Crippen molar-refractivity contribution in [2.45, 2.75) is 103 Å². The van der Waals surface area contributed by atoms with Crippen LogP contribution in [0.25, 0.3) is 0 Å². The van der Waals surface area contributed by atoms with Crippen LogP contribution in [0.3, 0.4) is 0 Å². The highest BCUT2D eigenvalue weighted by atomic mass is 28.5. The van der Waals surface area contributed by atoms with Crippen molar-refractivity contribution in [3.05, 3.63) is 31.5 Å². The van der Waals surface area contributed by atoms with E-state index in [1.54, 1.807) is 0 Å². The molecule has 3 aliphatic rings. The minimum absolute atomic E-state index is 0.112. The molecular weight excluding hydrogens is 699 g/mol. The highest BCUT2D eigenvalue weighted by Crippen LogP contribution is 2.23. The molecule has 3 aliphatic heterocycles. The Labute approximate surface area is 264 Å². The Hall–Kier alpha value is -0.215. The number of hydrogen-bond acceptors (Lipinski definition) is 12. The third kappa shape index (κ3) is 10.1. The quantitative estimate of drug-likeness (QED) is 0.208. The average Bonchev–Trinajstić information content (AvgIpc) is 3.68. The third-order valence-electron chi connectivity index (χ3n) is 7.39. The molecule has 5 unspecified atom stereocenters. The molecule has 0 saturated carbocycles. The van der Waals surface area contributed by atoms with Crippen LogP contribution >= 0.6 is 0 Å². The van der Waals surface area contributed by atoms with Crippen molar-refractivity contribution < 1.29 is 37.7 Å². The number of hydrogen-bond donors (Lipinski definition) is 0. The van der Waals surface area contributed by atoms with Crippen molar-refractivity contribution in [1.29, 1.82) is 0 Å². The van der Waals surface area contributed by atoms with E-state index in [-0.39, 0.29) is 25.7 Å². The van der Waals surface area contributed by atoms with Crippen molar-refractivity contribution in [2.24, 2.45) is 0 Å². The number of ether oxygens (including phenoxy) is 1. The summed E-state index contributed by atoms with van der Waals surface area (Å²) >= 11 is 0. The van der Waals surface area contributed by atoms with Gasteiger partial charge in [0.1, 0.15) is 0 Å². The maximum atomic E-state index is 13.6. The first kappa shape index (κ1) is 35.6. The maximum absolute atomic E-state index is 13.6. The first-order valence-electron chi connectivity index (χ1n) is 15.1. The summed E-state index contributed by atoms with van der Waals surface area (Å²) in [5.41, 5.74) is -1.86. The first-order chi connectivity index (χ1) is 20.2. The molecule has 0 spiro atoms. The minimum Gasteiger partial charge on any atom is -0.420 e. The van der Waals surface area contributed by atoms with Crippen LogP contribution in [0.4, 0.5) is 0 Å². The molecule has 0 aliphatic carbocycles. The average molecular weight is 746 g/mol. The van der Waals surface area contributed by atoms with Crippen LogP contribution < -0.4 is 17.1 Å². The molecule has 4 heterocycles. The molecule has 23 heteroatoms. The van der Waals surface area contributed by atoms with E-state index >= 15 is 0 Å². The lowest BCUT2D eigenvalue weighted by Crippen LogP contribution is -2.56. The molecule has 4 rings (SSSR count). The molecule has 0 radical (unpaired) electrons. The lowest BCUT2D eigenvalue weighted by atomic mass is 10.4. The van der Waals surface area contributed by atoms with E-state index in [4.69, 9.17) is 37.7 Å². The smallest absolute Gasteiger partial charge is 0.336 e. The lowest BCUT2D eigenvalue weighted by molar-refractivity contribution is 0.271. The van der Waals surface area contributed by atoms with Gasteiger partial charge in [-0.05, 0) is 77.3 Å². The zero-order chi connectivity index (χ0) is 31.5. The van der Waals surface area contributed by atoms with Crippen molar-refractivity contribution >= 4 is 72.8 Å². The number of epoxide rings is 1. The molecule has 0 bridgehead atoms. The molecular formula is C20H47N3O12Si8. The summed E-state index contributed by atoms with van der Waals surface area (Å²) in [4.78, 5) is 40.4. The Kier molecular flexibility index (Phi) is 12.5. The number of aromatic nitrogens is 3. The second-order valence-corrected chi connectivity index (χ2v) is 32.1. The monoisotopic (exact) mass is 745 g/mol. The van der Waals surface area contributed by atoms with Crippen molar-refractivity contribution in [3.63, 3.8) is 0 Å². The molecule has 1 aromatic rings. The Morgan fingerprint density at radius 2 is 0.930 bits per heavy atom. The van der Waals surface area contributed by atoms with Gasteiger partial charge in [0.2, 0.25) is 0 Å². The van der Waals surface area contributed by atoms with E-state index in [2.05, 4.69) is 0 Å². The fourth-order valence-electron chi connectivity index (χ4n) is 5.67. The third-order valence-corrected chi connectivity index (χ3v) is 35.5. The molecule has 1 aromatic heterocycles. The summed E-state index contributed by atoms with van der Waals surface area (Å²) in [6.07, 6.45) is 0.749. The number of nitrogens with zero attached hydrogens (tertiary/aromatic N) is 3. The predicted octanol–water partition coefficient (Wildman–Crippen LogP) is -1.24. The molecule has 43 heavy (non-hydrogen) atoms. The standard InChI is InChI=1S/C20H47N3O12Si8/c1-36-28-38(3)32-42(7,33-39(4)29-36)13-9-11-21-18(24)22(20(26)23(19(21)25)15-17-16-27-17)12-10-14-43(8)34-40(5)30-37(2)31-41(6)35-43/h17,36-41H,9-16H2,1-8H3. The summed E-state index contributed by atoms with van der Waals surface area (Å²) in [5, 5.41) is 0. The molecule has 5 atom stereocenters. The van der Waals surface area contributed by atoms with Gasteiger partial charge in [-0.1, -0.05) is 0 Å². The van der Waals surface area contributed by atoms with Gasteiger partial charge >= 0.3 is 34.2 Å². The van der Waals surface area contributed by atoms with Crippen LogP contribution in [-0.4, -0.2) is 99.2 Å². The maximum Gasteiger partial charge on any atom is 0.336 e. The van der Waals surface area contributed by atoms with E-state index in [1.165, 1.54) is 0 Å². The van der Waals surface area contributed by atoms with Crippen LogP contribution in [0.15, 0.2) is 14.4 Å². The van der Waals surface area contributed by atoms with Gasteiger partial charge in [0.05, 0.1) is 19.3 Å². The number of rotatable bonds is 10. The fourth-order valence-corrected chi connectivity index (χ4v) is 35.0. The molecule has 0 aromatic carbocycles. The van der Waals surface area contributed by atoms with Crippen molar-refractivity contribution in [2.75, 3.05) is 6.61 Å². The van der Waals surface area contributed by atoms with Gasteiger partial charge in [-0.25, -0.2) is 28.1 Å². The van der Waals surface area contributed by atoms with E-state index in [9.17, 15) is 14.4 Å². The van der Waals surface area contributed by atoms with Crippen LogP contribution in [0.5, 0.6) is 0 Å². The first-order valence-corrected chi connectivity index (χ1v) is 32.7. The predicted molar refractivity (Wildman–Crippen MR) is 178 cm³/mol. The van der Waals surface area contributed by atoms with Gasteiger partial charge in [0, 0.05) is 13.1 Å². The molecule has 246 valence electrons. The van der Waals surface area contributed by atoms with Crippen LogP contribution in [0.2, 0.25) is 64.5 Å². The van der Waals surface area contributed by atoms with E-state index in [0.29, 0.717) is 31.5 Å². The molecule has 3 saturated heterocycles. The summed E-state index contributed by atoms with van der Waals surface area (Å²) in [6.45, 7) is 16.7. The van der Waals surface area contributed by atoms with Gasteiger partial charge in [0.25, 0.3) is 55.7 Å². The molecule has 0 amide bonds. The Morgan fingerprint density at radius 1 is 0.605 bits per heavy atom. The van der Waals surface area contributed by atoms with Crippen LogP contribution in [0, 0.1) is 0 Å². The van der Waals surface area contributed by atoms with Crippen LogP contribution in [-0.2, 0) is 57.3 Å². The zero-order valence-electron chi connectivity index (χ0n) is 26.4. The molecule has 3 fully saturated rings. The van der Waals surface area contributed by atoms with Gasteiger partial charge in [0.15, 0.2) is 0 Å². The molecule has 15 nitrogen and oxygen atoms in total. The largest absolute Gasteiger partial charge is 0.420 e. The van der Waals surface area contributed by atoms with Crippen LogP contribution in [0.1, 0.15) is 12.8 Å². The van der Waals surface area contributed by atoms with Crippen molar-refractivity contribution in [3.8, 4) is 0 Å². The van der Waals surface area contributed by atoms with E-state index < -0.39 is 89.9 Å². The Balaban J connectivity index is 1.50. The highest BCUT2D eigenvalue weighted by Gasteiger charge is 2.40. The highest BCUT2D eigenvalue weighted by molar-refractivity contribution is 6.81. The second kappa shape index (κ2) is 15.1. The topological polar surface area (TPSA) is 152 Å². The zero-order valence-corrected chi connectivity index (χ0v) is 35.4. The van der Waals surface area contributed by atoms with Gasteiger partial charge in [-0.15, -0.1) is 0 Å². The Bertz CT molecular complexity index is 1170. The second-order valence-electron chi connectivity index (χ2n) is 11.6. The Morgan fingerprint density at radius 3 is 1.26 bits per heavy atom. The minimum atomic E-state index is -2.64. The summed E-state index contributed by atoms with van der Waals surface area (Å²) in [7, 11) is -16.5. The van der Waals surface area contributed by atoms with Gasteiger partial charge < -0.3 is 37.7 Å². The summed E-state index contributed by atoms with van der Waals surface area (Å²) in [6, 6.07) is 1.13. The lowest BCUT2D eigenvalue weighted by Gasteiger charge is -2.37.